The van der Waals surface area contributed by atoms with Crippen molar-refractivity contribution in [2.75, 3.05) is 63.4 Å². The van der Waals surface area contributed by atoms with Crippen molar-refractivity contribution in [3.63, 3.8) is 0 Å². The molecule has 5 aromatic rings. The Morgan fingerprint density at radius 3 is 2.14 bits per heavy atom. The summed E-state index contributed by atoms with van der Waals surface area (Å²) in [5.74, 6) is -1.15. The summed E-state index contributed by atoms with van der Waals surface area (Å²) in [5, 5.41) is 0.0461. The molecule has 0 N–H and O–H groups in total. The molecule has 1 amide bonds. The molecule has 6 heterocycles. The van der Waals surface area contributed by atoms with E-state index in [0.29, 0.717) is 42.1 Å². The number of amides is 1. The van der Waals surface area contributed by atoms with Gasteiger partial charge >= 0.3 is 18.3 Å². The standard InChI is InChI=1S/C54H62F5N7O7/c1-30-24-63(21-22-70-30)28-53(19-20-53)29-71-50-61-46-41-48(62-50)65-27-35-13-18-39(66(35)51(67)73-52(4,5)6)47(65)32(3)72-49(41)60-45(44(46)56)38-23-40(43(55)31(2)42(38)54(57,58)59)64(25-33-9-14-36(68-7)15-10-33)26-34-11-16-37(69-8)17-12-34/h9-12,14-17,23,30,32,35,39,47H,13,18-22,24-29H2,1-8H3/t30-,32+,35-,39+,47-/m1/s1. The average Bonchev–Trinajstić information content (AvgIpc) is 4.06. The molecule has 0 unspecified atom stereocenters. The van der Waals surface area contributed by atoms with Gasteiger partial charge in [-0.25, -0.2) is 18.6 Å². The van der Waals surface area contributed by atoms with Gasteiger partial charge in [-0.3, -0.25) is 9.80 Å². The first-order valence-electron chi connectivity index (χ1n) is 25.0. The van der Waals surface area contributed by atoms with Gasteiger partial charge in [-0.1, -0.05) is 24.3 Å². The number of ether oxygens (including phenoxy) is 6. The van der Waals surface area contributed by atoms with Crippen LogP contribution in [0.4, 0.5) is 38.3 Å². The number of methoxy groups -OCH3 is 2. The summed E-state index contributed by atoms with van der Waals surface area (Å²) < 4.78 is 118. The van der Waals surface area contributed by atoms with Crippen LogP contribution in [0.5, 0.6) is 23.4 Å². The fourth-order valence-electron chi connectivity index (χ4n) is 11.2. The van der Waals surface area contributed by atoms with Crippen LogP contribution in [-0.2, 0) is 28.7 Å². The highest BCUT2D eigenvalue weighted by Crippen LogP contribution is 2.51. The predicted octanol–water partition coefficient (Wildman–Crippen LogP) is 10.1. The van der Waals surface area contributed by atoms with Crippen LogP contribution in [0.25, 0.3) is 22.2 Å². The number of piperazine rings is 1. The zero-order valence-electron chi connectivity index (χ0n) is 42.4. The Morgan fingerprint density at radius 2 is 1.55 bits per heavy atom. The van der Waals surface area contributed by atoms with E-state index < -0.39 is 70.1 Å². The highest BCUT2D eigenvalue weighted by molar-refractivity contribution is 5.98. The van der Waals surface area contributed by atoms with Crippen LogP contribution in [0.15, 0.2) is 54.6 Å². The minimum atomic E-state index is -5.17. The van der Waals surface area contributed by atoms with E-state index in [9.17, 15) is 4.79 Å². The summed E-state index contributed by atoms with van der Waals surface area (Å²) in [6.07, 6.45) is -3.32. The molecule has 0 radical (unpaired) electrons. The van der Waals surface area contributed by atoms with E-state index >= 15 is 22.0 Å². The topological polar surface area (TPSA) is 124 Å². The number of morpholine rings is 1. The second-order valence-corrected chi connectivity index (χ2v) is 21.3. The van der Waals surface area contributed by atoms with Crippen molar-refractivity contribution in [1.82, 2.24) is 24.8 Å². The Labute approximate surface area is 421 Å². The number of carbonyl (C=O) groups excluding carboxylic acids is 1. The zero-order valence-corrected chi connectivity index (χ0v) is 42.4. The number of carbonyl (C=O) groups is 1. The van der Waals surface area contributed by atoms with Crippen molar-refractivity contribution < 1.29 is 55.2 Å². The van der Waals surface area contributed by atoms with Crippen molar-refractivity contribution in [3.05, 3.63) is 88.5 Å². The van der Waals surface area contributed by atoms with Crippen molar-refractivity contribution >= 4 is 28.5 Å². The Morgan fingerprint density at radius 1 is 0.890 bits per heavy atom. The summed E-state index contributed by atoms with van der Waals surface area (Å²) in [7, 11) is 3.06. The van der Waals surface area contributed by atoms with Gasteiger partial charge in [-0.2, -0.15) is 23.1 Å². The number of pyridine rings is 1. The summed E-state index contributed by atoms with van der Waals surface area (Å²) in [6.45, 7) is 13.7. The van der Waals surface area contributed by atoms with Crippen molar-refractivity contribution in [1.29, 1.82) is 0 Å². The smallest absolute Gasteiger partial charge is 0.417 e. The molecule has 0 spiro atoms. The molecule has 4 fully saturated rings. The lowest BCUT2D eigenvalue weighted by molar-refractivity contribution is -0.137. The fourth-order valence-corrected chi connectivity index (χ4v) is 11.2. The van der Waals surface area contributed by atoms with E-state index in [1.807, 2.05) is 11.8 Å². The van der Waals surface area contributed by atoms with Gasteiger partial charge in [0.05, 0.1) is 62.9 Å². The van der Waals surface area contributed by atoms with Gasteiger partial charge in [0.25, 0.3) is 0 Å². The number of nitrogens with zero attached hydrogens (tertiary/aromatic N) is 7. The number of halogens is 5. The van der Waals surface area contributed by atoms with Gasteiger partial charge in [0, 0.05) is 50.2 Å². The second-order valence-electron chi connectivity index (χ2n) is 21.3. The maximum absolute atomic E-state index is 18.1. The largest absolute Gasteiger partial charge is 0.497 e. The van der Waals surface area contributed by atoms with Crippen LogP contribution in [0.1, 0.15) is 82.6 Å². The van der Waals surface area contributed by atoms with Crippen LogP contribution in [-0.4, -0.2) is 120 Å². The summed E-state index contributed by atoms with van der Waals surface area (Å²) in [5.41, 5.74) is -3.78. The molecular weight excluding hydrogens is 954 g/mol. The molecule has 14 nitrogen and oxygen atoms in total. The third kappa shape index (κ3) is 9.98. The summed E-state index contributed by atoms with van der Waals surface area (Å²) >= 11 is 0. The first-order chi connectivity index (χ1) is 34.7. The third-order valence-corrected chi connectivity index (χ3v) is 14.8. The van der Waals surface area contributed by atoms with Gasteiger partial charge < -0.3 is 38.2 Å². The number of benzene rings is 3. The minimum absolute atomic E-state index is 0.0414. The van der Waals surface area contributed by atoms with E-state index in [2.05, 4.69) is 14.9 Å². The first kappa shape index (κ1) is 50.3. The molecule has 5 aliphatic rings. The molecule has 390 valence electrons. The summed E-state index contributed by atoms with van der Waals surface area (Å²) in [4.78, 5) is 35.9. The highest BCUT2D eigenvalue weighted by Gasteiger charge is 2.54. The van der Waals surface area contributed by atoms with Crippen LogP contribution < -0.4 is 28.7 Å². The molecule has 2 bridgehead atoms. The molecule has 1 saturated carbocycles. The maximum Gasteiger partial charge on any atom is 0.417 e. The molecule has 5 atom stereocenters. The molecule has 19 heteroatoms. The number of rotatable bonds is 13. The van der Waals surface area contributed by atoms with Gasteiger partial charge in [-0.15, -0.1) is 0 Å². The van der Waals surface area contributed by atoms with Crippen LogP contribution in [0.2, 0.25) is 0 Å². The Bertz CT molecular complexity index is 2830. The van der Waals surface area contributed by atoms with E-state index in [0.717, 1.165) is 45.5 Å². The lowest BCUT2D eigenvalue weighted by atomic mass is 9.95. The van der Waals surface area contributed by atoms with Gasteiger partial charge in [0.15, 0.2) is 5.82 Å². The predicted molar refractivity (Wildman–Crippen MR) is 263 cm³/mol. The number of alkyl halides is 3. The summed E-state index contributed by atoms with van der Waals surface area (Å²) in [6, 6.07) is 13.6. The molecule has 3 aromatic carbocycles. The number of hydrogen-bond acceptors (Lipinski definition) is 13. The van der Waals surface area contributed by atoms with Crippen molar-refractivity contribution in [2.45, 2.75) is 122 Å². The maximum atomic E-state index is 18.1. The lowest BCUT2D eigenvalue weighted by Crippen LogP contribution is -2.65. The van der Waals surface area contributed by atoms with Crippen LogP contribution in [0.3, 0.4) is 0 Å². The molecule has 2 aromatic heterocycles. The van der Waals surface area contributed by atoms with Gasteiger partial charge in [0.2, 0.25) is 5.88 Å². The number of hydrogen-bond donors (Lipinski definition) is 0. The fraction of sp³-hybridized carbons (Fsp3) is 0.519. The molecule has 3 saturated heterocycles. The van der Waals surface area contributed by atoms with Gasteiger partial charge in [-0.05, 0) is 114 Å². The second kappa shape index (κ2) is 19.2. The number of fused-ring (bicyclic) bond motifs is 5. The molecule has 1 aliphatic carbocycles. The molecule has 73 heavy (non-hydrogen) atoms. The van der Waals surface area contributed by atoms with E-state index in [4.69, 9.17) is 33.4 Å². The Balaban J connectivity index is 1.12. The average molecular weight is 1020 g/mol. The Kier molecular flexibility index (Phi) is 13.3. The van der Waals surface area contributed by atoms with E-state index in [1.54, 1.807) is 86.0 Å². The van der Waals surface area contributed by atoms with Crippen LogP contribution >= 0.6 is 0 Å². The van der Waals surface area contributed by atoms with Crippen molar-refractivity contribution in [3.8, 4) is 34.6 Å². The molecule has 4 aliphatic heterocycles. The quantitative estimate of drug-likeness (QED) is 0.104. The third-order valence-electron chi connectivity index (χ3n) is 14.8. The number of aromatic nitrogens is 3. The van der Waals surface area contributed by atoms with Gasteiger partial charge in [0.1, 0.15) is 51.4 Å². The molecule has 10 rings (SSSR count). The first-order valence-corrected chi connectivity index (χ1v) is 25.0. The minimum Gasteiger partial charge on any atom is -0.497 e. The normalized spacial score (nSPS) is 22.3. The zero-order chi connectivity index (χ0) is 51.7. The van der Waals surface area contributed by atoms with Crippen LogP contribution in [0, 0.1) is 24.0 Å². The van der Waals surface area contributed by atoms with Crippen molar-refractivity contribution in [2.24, 2.45) is 5.41 Å². The number of anilines is 2. The van der Waals surface area contributed by atoms with E-state index in [1.165, 1.54) is 14.2 Å². The Hall–Kier alpha value is -6.21. The monoisotopic (exact) mass is 1020 g/mol. The SMILES string of the molecule is COc1ccc(CN(Cc2ccc(OC)cc2)c2cc(-c3nc4c5c(nc(OCC6(CN7CCO[C@H](C)C7)CC6)nc5c3F)N3C[C@H]5CC[C@@H]([C@H]3[C@H](C)O4)N5C(=O)OC(C)(C)C)c(C(F)(F)F)c(C)c2F)cc1. The lowest BCUT2D eigenvalue weighted by Gasteiger charge is -2.48. The highest BCUT2D eigenvalue weighted by atomic mass is 19.4. The van der Waals surface area contributed by atoms with E-state index in [-0.39, 0.29) is 78.1 Å². The molecular formula is C54H62F5N7O7.